The van der Waals surface area contributed by atoms with Crippen molar-refractivity contribution in [2.24, 2.45) is 0 Å². The van der Waals surface area contributed by atoms with Gasteiger partial charge in [-0.2, -0.15) is 5.10 Å². The Hall–Kier alpha value is -1.91. The van der Waals surface area contributed by atoms with Gasteiger partial charge in [-0.25, -0.2) is 14.6 Å². The van der Waals surface area contributed by atoms with Crippen LogP contribution in [-0.2, 0) is 0 Å². The Bertz CT molecular complexity index is 544. The minimum absolute atomic E-state index is 0.752. The van der Waals surface area contributed by atoms with Crippen molar-refractivity contribution in [3.8, 4) is 5.82 Å². The van der Waals surface area contributed by atoms with E-state index < -0.39 is 0 Å². The number of aromatic nitrogens is 4. The summed E-state index contributed by atoms with van der Waals surface area (Å²) in [5.74, 6) is 2.49. The first kappa shape index (κ1) is 12.5. The molecule has 5 nitrogen and oxygen atoms in total. The van der Waals surface area contributed by atoms with Gasteiger partial charge in [-0.15, -0.1) is 0 Å². The van der Waals surface area contributed by atoms with Crippen LogP contribution in [0.1, 0.15) is 30.4 Å². The minimum atomic E-state index is 0.752. The van der Waals surface area contributed by atoms with Gasteiger partial charge in [0.1, 0.15) is 11.6 Å². The zero-order valence-electron chi connectivity index (χ0n) is 11.4. The Kier molecular flexibility index (Phi) is 3.60. The molecule has 0 radical (unpaired) electrons. The van der Waals surface area contributed by atoms with Gasteiger partial charge < -0.3 is 5.32 Å². The van der Waals surface area contributed by atoms with E-state index in [9.17, 15) is 0 Å². The highest BCUT2D eigenvalue weighted by molar-refractivity contribution is 5.51. The topological polar surface area (TPSA) is 55.6 Å². The molecule has 2 aromatic heterocycles. The van der Waals surface area contributed by atoms with Crippen LogP contribution in [-0.4, -0.2) is 26.3 Å². The zero-order valence-corrected chi connectivity index (χ0v) is 11.4. The Morgan fingerprint density at radius 2 is 2.00 bits per heavy atom. The predicted molar refractivity (Wildman–Crippen MR) is 72.1 cm³/mol. The smallest absolute Gasteiger partial charge is 0.162 e. The summed E-state index contributed by atoms with van der Waals surface area (Å²) in [7, 11) is 0. The molecule has 0 aliphatic rings. The number of aryl methyl sites for hydroxylation is 2. The molecule has 0 aliphatic carbocycles. The molecule has 0 atom stereocenters. The summed E-state index contributed by atoms with van der Waals surface area (Å²) < 4.78 is 1.80. The van der Waals surface area contributed by atoms with Crippen LogP contribution >= 0.6 is 0 Å². The summed E-state index contributed by atoms with van der Waals surface area (Å²) in [6.07, 6.45) is 2.99. The Morgan fingerprint density at radius 1 is 1.22 bits per heavy atom. The van der Waals surface area contributed by atoms with Gasteiger partial charge in [-0.1, -0.05) is 6.92 Å². The second-order valence-corrected chi connectivity index (χ2v) is 4.40. The van der Waals surface area contributed by atoms with Crippen molar-refractivity contribution in [3.63, 3.8) is 0 Å². The first-order valence-corrected chi connectivity index (χ1v) is 6.23. The van der Waals surface area contributed by atoms with Crippen LogP contribution in [0.15, 0.2) is 12.3 Å². The van der Waals surface area contributed by atoms with E-state index in [4.69, 9.17) is 0 Å². The van der Waals surface area contributed by atoms with Gasteiger partial charge in [0.2, 0.25) is 0 Å². The quantitative estimate of drug-likeness (QED) is 0.898. The molecule has 0 saturated carbocycles. The summed E-state index contributed by atoms with van der Waals surface area (Å²) in [5, 5.41) is 7.73. The van der Waals surface area contributed by atoms with Crippen LogP contribution in [0, 0.1) is 20.8 Å². The fraction of sp³-hybridized carbons (Fsp3) is 0.462. The second-order valence-electron chi connectivity index (χ2n) is 4.40. The lowest BCUT2D eigenvalue weighted by Crippen LogP contribution is -2.11. The summed E-state index contributed by atoms with van der Waals surface area (Å²) in [6.45, 7) is 8.93. The van der Waals surface area contributed by atoms with Crippen LogP contribution in [0.2, 0.25) is 0 Å². The third kappa shape index (κ3) is 2.50. The van der Waals surface area contributed by atoms with E-state index in [0.717, 1.165) is 41.7 Å². The monoisotopic (exact) mass is 245 g/mol. The van der Waals surface area contributed by atoms with Crippen LogP contribution in [0.3, 0.4) is 0 Å². The first-order valence-electron chi connectivity index (χ1n) is 6.23. The SMILES string of the molecule is CCCNc1nc(C)nc(-n2ccc(C)n2)c1C. The molecule has 0 saturated heterocycles. The normalized spacial score (nSPS) is 10.7. The predicted octanol–water partition coefficient (Wildman–Crippen LogP) is 2.41. The summed E-state index contributed by atoms with van der Waals surface area (Å²) in [4.78, 5) is 8.91. The first-order chi connectivity index (χ1) is 8.61. The van der Waals surface area contributed by atoms with Gasteiger partial charge in [0, 0.05) is 18.3 Å². The standard InChI is InChI=1S/C13H19N5/c1-5-7-14-12-10(3)13(16-11(4)15-12)18-8-6-9(2)17-18/h6,8H,5,7H2,1-4H3,(H,14,15,16). The maximum absolute atomic E-state index is 4.47. The van der Waals surface area contributed by atoms with E-state index in [1.807, 2.05) is 33.0 Å². The van der Waals surface area contributed by atoms with Gasteiger partial charge in [-0.05, 0) is 33.3 Å². The molecule has 1 N–H and O–H groups in total. The molecule has 0 aromatic carbocycles. The van der Waals surface area contributed by atoms with E-state index in [1.54, 1.807) is 4.68 Å². The average Bonchev–Trinajstić information content (AvgIpc) is 2.76. The maximum Gasteiger partial charge on any atom is 0.162 e. The van der Waals surface area contributed by atoms with E-state index >= 15 is 0 Å². The van der Waals surface area contributed by atoms with Crippen LogP contribution in [0.25, 0.3) is 5.82 Å². The van der Waals surface area contributed by atoms with Gasteiger partial charge >= 0.3 is 0 Å². The molecule has 0 spiro atoms. The van der Waals surface area contributed by atoms with Crippen molar-refractivity contribution >= 4 is 5.82 Å². The number of nitrogens with zero attached hydrogens (tertiary/aromatic N) is 4. The average molecular weight is 245 g/mol. The largest absolute Gasteiger partial charge is 0.370 e. The Labute approximate surface area is 107 Å². The zero-order chi connectivity index (χ0) is 13.1. The number of anilines is 1. The van der Waals surface area contributed by atoms with Crippen molar-refractivity contribution in [1.82, 2.24) is 19.7 Å². The molecule has 2 aromatic rings. The lowest BCUT2D eigenvalue weighted by Gasteiger charge is -2.12. The minimum Gasteiger partial charge on any atom is -0.370 e. The number of hydrogen-bond donors (Lipinski definition) is 1. The lowest BCUT2D eigenvalue weighted by atomic mass is 10.3. The third-order valence-electron chi connectivity index (χ3n) is 2.71. The summed E-state index contributed by atoms with van der Waals surface area (Å²) >= 11 is 0. The second kappa shape index (κ2) is 5.16. The molecule has 2 heterocycles. The van der Waals surface area contributed by atoms with Crippen LogP contribution in [0.4, 0.5) is 5.82 Å². The molecule has 5 heteroatoms. The van der Waals surface area contributed by atoms with Crippen molar-refractivity contribution in [3.05, 3.63) is 29.3 Å². The van der Waals surface area contributed by atoms with E-state index in [-0.39, 0.29) is 0 Å². The highest BCUT2D eigenvalue weighted by Crippen LogP contribution is 2.18. The molecular weight excluding hydrogens is 226 g/mol. The van der Waals surface area contributed by atoms with Crippen molar-refractivity contribution in [1.29, 1.82) is 0 Å². The van der Waals surface area contributed by atoms with E-state index in [2.05, 4.69) is 27.3 Å². The fourth-order valence-electron chi connectivity index (χ4n) is 1.79. The Balaban J connectivity index is 2.44. The van der Waals surface area contributed by atoms with Crippen LogP contribution in [0.5, 0.6) is 0 Å². The highest BCUT2D eigenvalue weighted by Gasteiger charge is 2.11. The molecule has 0 fully saturated rings. The number of rotatable bonds is 4. The number of nitrogens with one attached hydrogen (secondary N) is 1. The highest BCUT2D eigenvalue weighted by atomic mass is 15.3. The molecule has 0 bridgehead atoms. The molecular formula is C13H19N5. The Morgan fingerprint density at radius 3 is 2.61 bits per heavy atom. The molecule has 0 aliphatic heterocycles. The lowest BCUT2D eigenvalue weighted by molar-refractivity contribution is 0.805. The third-order valence-corrected chi connectivity index (χ3v) is 2.71. The van der Waals surface area contributed by atoms with Gasteiger partial charge in [-0.3, -0.25) is 0 Å². The summed E-state index contributed by atoms with van der Waals surface area (Å²) in [6, 6.07) is 1.97. The van der Waals surface area contributed by atoms with Gasteiger partial charge in [0.25, 0.3) is 0 Å². The summed E-state index contributed by atoms with van der Waals surface area (Å²) in [5.41, 5.74) is 2.01. The van der Waals surface area contributed by atoms with Crippen LogP contribution < -0.4 is 5.32 Å². The molecule has 18 heavy (non-hydrogen) atoms. The fourth-order valence-corrected chi connectivity index (χ4v) is 1.79. The maximum atomic E-state index is 4.47. The van der Waals surface area contributed by atoms with Gasteiger partial charge in [0.05, 0.1) is 5.69 Å². The molecule has 0 unspecified atom stereocenters. The van der Waals surface area contributed by atoms with E-state index in [1.165, 1.54) is 0 Å². The van der Waals surface area contributed by atoms with E-state index in [0.29, 0.717) is 0 Å². The molecule has 96 valence electrons. The van der Waals surface area contributed by atoms with Gasteiger partial charge in [0.15, 0.2) is 5.82 Å². The molecule has 0 amide bonds. The van der Waals surface area contributed by atoms with Crippen molar-refractivity contribution in [2.75, 3.05) is 11.9 Å². The molecule has 2 rings (SSSR count). The van der Waals surface area contributed by atoms with Crippen molar-refractivity contribution in [2.45, 2.75) is 34.1 Å². The number of hydrogen-bond acceptors (Lipinski definition) is 4. The van der Waals surface area contributed by atoms with Crippen molar-refractivity contribution < 1.29 is 0 Å².